The van der Waals surface area contributed by atoms with E-state index in [1.807, 2.05) is 48.2 Å². The molecule has 1 saturated carbocycles. The Bertz CT molecular complexity index is 1100. The van der Waals surface area contributed by atoms with Gasteiger partial charge in [-0.05, 0) is 66.8 Å². The van der Waals surface area contributed by atoms with Crippen LogP contribution in [0.2, 0.25) is 0 Å². The highest BCUT2D eigenvalue weighted by Crippen LogP contribution is 2.52. The number of fused-ring (bicyclic) bond motifs is 2. The molecule has 1 saturated heterocycles. The molecule has 0 spiro atoms. The van der Waals surface area contributed by atoms with Crippen LogP contribution >= 0.6 is 0 Å². The summed E-state index contributed by atoms with van der Waals surface area (Å²) >= 11 is 0. The molecule has 6 heteroatoms. The van der Waals surface area contributed by atoms with Gasteiger partial charge in [-0.1, -0.05) is 32.9 Å². The Morgan fingerprint density at radius 2 is 2.00 bits per heavy atom. The topological polar surface area (TPSA) is 64.2 Å². The van der Waals surface area contributed by atoms with Crippen LogP contribution in [0.3, 0.4) is 0 Å². The Morgan fingerprint density at radius 1 is 1.17 bits per heavy atom. The van der Waals surface area contributed by atoms with Crippen molar-refractivity contribution >= 4 is 5.91 Å². The lowest BCUT2D eigenvalue weighted by Gasteiger charge is -2.39. The van der Waals surface area contributed by atoms with Crippen molar-refractivity contribution in [2.45, 2.75) is 53.0 Å². The van der Waals surface area contributed by atoms with E-state index in [1.54, 1.807) is 10.9 Å². The molecule has 1 aliphatic carbocycles. The van der Waals surface area contributed by atoms with Crippen LogP contribution in [-0.4, -0.2) is 38.2 Å². The van der Waals surface area contributed by atoms with Gasteiger partial charge in [-0.25, -0.2) is 4.68 Å². The molecule has 156 valence electrons. The number of furan rings is 1. The number of rotatable bonds is 3. The molecule has 5 rings (SSSR count). The van der Waals surface area contributed by atoms with Gasteiger partial charge in [0.15, 0.2) is 11.6 Å². The summed E-state index contributed by atoms with van der Waals surface area (Å²) in [5, 5.41) is 4.65. The molecule has 2 atom stereocenters. The summed E-state index contributed by atoms with van der Waals surface area (Å²) in [6.07, 6.45) is 4.84. The largest absolute Gasteiger partial charge is 0.461 e. The maximum absolute atomic E-state index is 13.5. The van der Waals surface area contributed by atoms with Crippen LogP contribution in [0.4, 0.5) is 0 Å². The number of aromatic nitrogens is 3. The van der Waals surface area contributed by atoms with E-state index in [0.717, 1.165) is 37.1 Å². The third kappa shape index (κ3) is 3.24. The fraction of sp³-hybridized carbons (Fsp3) is 0.458. The smallest absolute Gasteiger partial charge is 0.293 e. The zero-order chi connectivity index (χ0) is 21.1. The fourth-order valence-corrected chi connectivity index (χ4v) is 5.73. The van der Waals surface area contributed by atoms with E-state index in [9.17, 15) is 4.79 Å². The number of aryl methyl sites for hydroxylation is 1. The molecule has 1 aliphatic heterocycles. The summed E-state index contributed by atoms with van der Waals surface area (Å²) in [4.78, 5) is 20.2. The van der Waals surface area contributed by atoms with Crippen molar-refractivity contribution in [3.8, 4) is 17.3 Å². The molecule has 1 amide bonds. The molecule has 0 radical (unpaired) electrons. The normalized spacial score (nSPS) is 24.9. The lowest BCUT2D eigenvalue weighted by molar-refractivity contribution is 0.0696. The highest BCUT2D eigenvalue weighted by molar-refractivity contribution is 5.91. The molecule has 2 bridgehead atoms. The van der Waals surface area contributed by atoms with Crippen LogP contribution in [0.15, 0.2) is 47.1 Å². The highest BCUT2D eigenvalue weighted by Gasteiger charge is 2.51. The van der Waals surface area contributed by atoms with Gasteiger partial charge in [0.2, 0.25) is 5.82 Å². The Kier molecular flexibility index (Phi) is 4.17. The minimum absolute atomic E-state index is 0.0827. The van der Waals surface area contributed by atoms with Gasteiger partial charge in [0.05, 0.1) is 12.0 Å². The lowest BCUT2D eigenvalue weighted by atomic mass is 9.65. The molecule has 3 aromatic rings. The molecule has 2 aliphatic rings. The number of nitrogens with zero attached hydrogens (tertiary/aromatic N) is 4. The Morgan fingerprint density at radius 3 is 2.73 bits per heavy atom. The van der Waals surface area contributed by atoms with Crippen LogP contribution in [0.5, 0.6) is 0 Å². The third-order valence-electron chi connectivity index (χ3n) is 6.46. The van der Waals surface area contributed by atoms with Gasteiger partial charge in [-0.15, -0.1) is 5.10 Å². The molecule has 1 aromatic carbocycles. The minimum atomic E-state index is -0.0827. The summed E-state index contributed by atoms with van der Waals surface area (Å²) in [5.74, 6) is 1.29. The van der Waals surface area contributed by atoms with Gasteiger partial charge in [-0.3, -0.25) is 4.79 Å². The van der Waals surface area contributed by atoms with Gasteiger partial charge >= 0.3 is 0 Å². The molecule has 3 heterocycles. The average molecular weight is 405 g/mol. The van der Waals surface area contributed by atoms with Crippen molar-refractivity contribution in [2.75, 3.05) is 6.54 Å². The Balaban J connectivity index is 1.54. The molecule has 2 aromatic heterocycles. The summed E-state index contributed by atoms with van der Waals surface area (Å²) < 4.78 is 7.31. The van der Waals surface area contributed by atoms with Crippen LogP contribution in [-0.2, 0) is 0 Å². The van der Waals surface area contributed by atoms with Crippen molar-refractivity contribution < 1.29 is 9.21 Å². The second-order valence-electron chi connectivity index (χ2n) is 10.1. The maximum Gasteiger partial charge on any atom is 0.293 e. The van der Waals surface area contributed by atoms with Gasteiger partial charge in [0, 0.05) is 12.6 Å². The van der Waals surface area contributed by atoms with Gasteiger partial charge in [0.25, 0.3) is 5.91 Å². The van der Waals surface area contributed by atoms with Gasteiger partial charge in [0.1, 0.15) is 0 Å². The van der Waals surface area contributed by atoms with E-state index in [2.05, 4.69) is 30.9 Å². The van der Waals surface area contributed by atoms with E-state index in [-0.39, 0.29) is 28.6 Å². The van der Waals surface area contributed by atoms with Crippen molar-refractivity contribution in [2.24, 2.45) is 10.8 Å². The van der Waals surface area contributed by atoms with E-state index in [1.165, 1.54) is 0 Å². The standard InChI is InChI=1S/C24H28N4O2/c1-16-7-5-8-17(11-16)28-21(19-9-6-10-30-19)25-20(26-28)22(29)27-15-24(4)13-18(27)12-23(2,3)14-24/h5-11,18H,12-15H2,1-4H3/t18-,24+/m1/s1. The van der Waals surface area contributed by atoms with Crippen LogP contribution < -0.4 is 0 Å². The molecule has 0 N–H and O–H groups in total. The predicted molar refractivity (Wildman–Crippen MR) is 114 cm³/mol. The first-order chi connectivity index (χ1) is 14.2. The number of hydrogen-bond donors (Lipinski definition) is 0. The molecule has 2 fully saturated rings. The zero-order valence-corrected chi connectivity index (χ0v) is 18.1. The van der Waals surface area contributed by atoms with Gasteiger partial charge in [-0.2, -0.15) is 4.98 Å². The number of carbonyl (C=O) groups excluding carboxylic acids is 1. The number of carbonyl (C=O) groups is 1. The predicted octanol–water partition coefficient (Wildman–Crippen LogP) is 4.88. The Hall–Kier alpha value is -2.89. The first-order valence-electron chi connectivity index (χ1n) is 10.6. The second kappa shape index (κ2) is 6.56. The summed E-state index contributed by atoms with van der Waals surface area (Å²) in [6, 6.07) is 11.9. The summed E-state index contributed by atoms with van der Waals surface area (Å²) in [5.41, 5.74) is 2.40. The van der Waals surface area contributed by atoms with Crippen molar-refractivity contribution in [1.82, 2.24) is 19.7 Å². The number of benzene rings is 1. The number of amides is 1. The highest BCUT2D eigenvalue weighted by atomic mass is 16.3. The quantitative estimate of drug-likeness (QED) is 0.624. The van der Waals surface area contributed by atoms with Crippen LogP contribution in [0, 0.1) is 17.8 Å². The first kappa shape index (κ1) is 19.1. The molecule has 0 unspecified atom stereocenters. The molecule has 30 heavy (non-hydrogen) atoms. The summed E-state index contributed by atoms with van der Waals surface area (Å²) in [6.45, 7) is 9.73. The number of hydrogen-bond acceptors (Lipinski definition) is 4. The third-order valence-corrected chi connectivity index (χ3v) is 6.46. The SMILES string of the molecule is Cc1cccc(-n2nc(C(=O)N3C[C@@]4(C)C[C@H]3CC(C)(C)C4)nc2-c2ccco2)c1. The van der Waals surface area contributed by atoms with E-state index in [0.29, 0.717) is 11.6 Å². The van der Waals surface area contributed by atoms with Crippen LogP contribution in [0.25, 0.3) is 17.3 Å². The number of likely N-dealkylation sites (tertiary alicyclic amines) is 1. The van der Waals surface area contributed by atoms with Crippen molar-refractivity contribution in [3.63, 3.8) is 0 Å². The molecular formula is C24H28N4O2. The van der Waals surface area contributed by atoms with Crippen molar-refractivity contribution in [1.29, 1.82) is 0 Å². The molecule has 6 nitrogen and oxygen atoms in total. The van der Waals surface area contributed by atoms with Gasteiger partial charge < -0.3 is 9.32 Å². The van der Waals surface area contributed by atoms with E-state index in [4.69, 9.17) is 4.42 Å². The maximum atomic E-state index is 13.5. The van der Waals surface area contributed by atoms with E-state index >= 15 is 0 Å². The average Bonchev–Trinajstić information content (AvgIpc) is 3.37. The Labute approximate surface area is 176 Å². The second-order valence-corrected chi connectivity index (χ2v) is 10.1. The zero-order valence-electron chi connectivity index (χ0n) is 18.1. The minimum Gasteiger partial charge on any atom is -0.461 e. The molecular weight excluding hydrogens is 376 g/mol. The summed E-state index contributed by atoms with van der Waals surface area (Å²) in [7, 11) is 0. The van der Waals surface area contributed by atoms with Crippen LogP contribution in [0.1, 0.15) is 56.2 Å². The van der Waals surface area contributed by atoms with E-state index < -0.39 is 0 Å². The fourth-order valence-electron chi connectivity index (χ4n) is 5.73. The van der Waals surface area contributed by atoms with Crippen molar-refractivity contribution in [3.05, 3.63) is 54.0 Å². The lowest BCUT2D eigenvalue weighted by Crippen LogP contribution is -2.38. The monoisotopic (exact) mass is 404 g/mol. The first-order valence-corrected chi connectivity index (χ1v) is 10.6.